The Morgan fingerprint density at radius 2 is 1.83 bits per heavy atom. The Balaban J connectivity index is 1.66. The monoisotopic (exact) mass is 416 g/mol. The highest BCUT2D eigenvalue weighted by Crippen LogP contribution is 2.30. The molecule has 4 aromatic rings. The van der Waals surface area contributed by atoms with Crippen molar-refractivity contribution in [2.45, 2.75) is 6.92 Å². The first-order valence-electron chi connectivity index (χ1n) is 9.21. The topological polar surface area (TPSA) is 71.8 Å². The number of esters is 1. The van der Waals surface area contributed by atoms with Crippen molar-refractivity contribution in [1.29, 1.82) is 0 Å². The number of benzene rings is 3. The fourth-order valence-electron chi connectivity index (χ4n) is 3.00. The number of aromatic hydroxyl groups is 1. The molecule has 0 saturated heterocycles. The molecule has 1 heterocycles. The zero-order valence-electron chi connectivity index (χ0n) is 16.0. The van der Waals surface area contributed by atoms with Gasteiger partial charge in [0.05, 0.1) is 16.8 Å². The van der Waals surface area contributed by atoms with E-state index >= 15 is 0 Å². The minimum absolute atomic E-state index is 0.177. The number of hydrogen-bond acceptors (Lipinski definition) is 5. The third kappa shape index (κ3) is 4.31. The predicted octanol–water partition coefficient (Wildman–Crippen LogP) is 5.87. The number of aryl methyl sites for hydroxylation is 1. The molecular weight excluding hydrogens is 400 g/mol. The Kier molecular flexibility index (Phi) is 5.46. The van der Waals surface area contributed by atoms with Gasteiger partial charge in [0.1, 0.15) is 11.5 Å². The first kappa shape index (κ1) is 19.6. The summed E-state index contributed by atoms with van der Waals surface area (Å²) in [4.78, 5) is 21.8. The van der Waals surface area contributed by atoms with Crippen molar-refractivity contribution in [3.05, 3.63) is 94.6 Å². The number of pyridine rings is 1. The Morgan fingerprint density at radius 1 is 1.07 bits per heavy atom. The lowest BCUT2D eigenvalue weighted by Gasteiger charge is -2.10. The Hall–Kier alpha value is -3.70. The Labute approximate surface area is 178 Å². The molecule has 148 valence electrons. The number of fused-ring (bicyclic) bond motifs is 1. The number of nitrogens with zero attached hydrogens (tertiary/aromatic N) is 2. The number of ether oxygens (including phenoxy) is 1. The van der Waals surface area contributed by atoms with Crippen molar-refractivity contribution in [1.82, 2.24) is 4.98 Å². The summed E-state index contributed by atoms with van der Waals surface area (Å²) in [7, 11) is 0. The standard InChI is InChI=1S/C24H17ClN2O3/c1-15-12-23(20-13-17(25)8-11-22(20)27-15)30-24(29)19-4-2-3-5-21(19)26-14-16-6-9-18(28)10-7-16/h2-14,28H,1H3. The maximum Gasteiger partial charge on any atom is 0.345 e. The lowest BCUT2D eigenvalue weighted by molar-refractivity contribution is 0.0738. The van der Waals surface area contributed by atoms with E-state index in [1.807, 2.05) is 6.92 Å². The van der Waals surface area contributed by atoms with Crippen LogP contribution in [0.5, 0.6) is 11.5 Å². The van der Waals surface area contributed by atoms with Crippen molar-refractivity contribution in [2.75, 3.05) is 0 Å². The fraction of sp³-hybridized carbons (Fsp3) is 0.0417. The zero-order valence-corrected chi connectivity index (χ0v) is 16.8. The van der Waals surface area contributed by atoms with Crippen LogP contribution >= 0.6 is 11.6 Å². The minimum Gasteiger partial charge on any atom is -0.508 e. The lowest BCUT2D eigenvalue weighted by Crippen LogP contribution is -2.09. The van der Waals surface area contributed by atoms with E-state index in [4.69, 9.17) is 16.3 Å². The van der Waals surface area contributed by atoms with Crippen LogP contribution in [0.2, 0.25) is 5.02 Å². The van der Waals surface area contributed by atoms with E-state index in [0.717, 1.165) is 11.3 Å². The Morgan fingerprint density at radius 3 is 2.63 bits per heavy atom. The summed E-state index contributed by atoms with van der Waals surface area (Å²) < 4.78 is 5.71. The molecule has 6 heteroatoms. The van der Waals surface area contributed by atoms with E-state index < -0.39 is 5.97 Å². The molecule has 0 spiro atoms. The average Bonchev–Trinajstić information content (AvgIpc) is 2.74. The van der Waals surface area contributed by atoms with E-state index in [-0.39, 0.29) is 5.75 Å². The third-order valence-corrected chi connectivity index (χ3v) is 4.67. The molecule has 1 N–H and O–H groups in total. The maximum absolute atomic E-state index is 12.9. The van der Waals surface area contributed by atoms with Gasteiger partial charge in [0, 0.05) is 28.4 Å². The van der Waals surface area contributed by atoms with Gasteiger partial charge in [0.2, 0.25) is 0 Å². The van der Waals surface area contributed by atoms with E-state index in [1.165, 1.54) is 0 Å². The summed E-state index contributed by atoms with van der Waals surface area (Å²) >= 11 is 6.12. The van der Waals surface area contributed by atoms with Crippen LogP contribution in [0, 0.1) is 6.92 Å². The second-order valence-electron chi connectivity index (χ2n) is 6.68. The quantitative estimate of drug-likeness (QED) is 0.333. The number of aliphatic imine (C=N–C) groups is 1. The lowest BCUT2D eigenvalue weighted by atomic mass is 10.1. The van der Waals surface area contributed by atoms with Gasteiger partial charge >= 0.3 is 5.97 Å². The Bertz CT molecular complexity index is 1270. The highest BCUT2D eigenvalue weighted by molar-refractivity contribution is 6.31. The van der Waals surface area contributed by atoms with Crippen LogP contribution in [0.3, 0.4) is 0 Å². The second-order valence-corrected chi connectivity index (χ2v) is 7.12. The highest BCUT2D eigenvalue weighted by atomic mass is 35.5. The number of hydrogen-bond donors (Lipinski definition) is 1. The highest BCUT2D eigenvalue weighted by Gasteiger charge is 2.16. The van der Waals surface area contributed by atoms with Crippen LogP contribution in [0.15, 0.2) is 77.8 Å². The van der Waals surface area contributed by atoms with E-state index in [1.54, 1.807) is 79.0 Å². The zero-order chi connectivity index (χ0) is 21.1. The molecule has 0 aliphatic rings. The molecule has 4 rings (SSSR count). The summed E-state index contributed by atoms with van der Waals surface area (Å²) in [5.74, 6) is 0.0405. The van der Waals surface area contributed by atoms with Crippen molar-refractivity contribution in [3.63, 3.8) is 0 Å². The first-order chi connectivity index (χ1) is 14.5. The molecule has 0 bridgehead atoms. The third-order valence-electron chi connectivity index (χ3n) is 4.43. The summed E-state index contributed by atoms with van der Waals surface area (Å²) in [5, 5.41) is 10.6. The number of halogens is 1. The predicted molar refractivity (Wildman–Crippen MR) is 118 cm³/mol. The number of phenols is 1. The molecule has 3 aromatic carbocycles. The van der Waals surface area contributed by atoms with Gasteiger partial charge in [0.25, 0.3) is 0 Å². The number of para-hydroxylation sites is 1. The van der Waals surface area contributed by atoms with Crippen molar-refractivity contribution in [2.24, 2.45) is 4.99 Å². The van der Waals surface area contributed by atoms with Gasteiger partial charge in [-0.05, 0) is 67.1 Å². The van der Waals surface area contributed by atoms with Gasteiger partial charge in [-0.15, -0.1) is 0 Å². The molecule has 0 radical (unpaired) electrons. The fourth-order valence-corrected chi connectivity index (χ4v) is 3.17. The van der Waals surface area contributed by atoms with Crippen LogP contribution < -0.4 is 4.74 Å². The van der Waals surface area contributed by atoms with Crippen LogP contribution in [-0.2, 0) is 0 Å². The van der Waals surface area contributed by atoms with Crippen molar-refractivity contribution in [3.8, 4) is 11.5 Å². The molecule has 1 aromatic heterocycles. The molecule has 30 heavy (non-hydrogen) atoms. The van der Waals surface area contributed by atoms with Crippen LogP contribution in [0.1, 0.15) is 21.6 Å². The largest absolute Gasteiger partial charge is 0.508 e. The minimum atomic E-state index is -0.527. The molecule has 0 atom stereocenters. The SMILES string of the molecule is Cc1cc(OC(=O)c2ccccc2N=Cc2ccc(O)cc2)c2cc(Cl)ccc2n1. The average molecular weight is 417 g/mol. The molecule has 0 unspecified atom stereocenters. The van der Waals surface area contributed by atoms with Crippen molar-refractivity contribution < 1.29 is 14.6 Å². The number of phenolic OH excluding ortho intramolecular Hbond substituents is 1. The number of carbonyl (C=O) groups excluding carboxylic acids is 1. The molecule has 0 fully saturated rings. The van der Waals surface area contributed by atoms with Crippen LogP contribution in [-0.4, -0.2) is 22.3 Å². The molecule has 0 saturated carbocycles. The smallest absolute Gasteiger partial charge is 0.345 e. The molecule has 0 amide bonds. The molecule has 5 nitrogen and oxygen atoms in total. The molecule has 0 aliphatic heterocycles. The van der Waals surface area contributed by atoms with E-state index in [0.29, 0.717) is 32.9 Å². The number of rotatable bonds is 4. The van der Waals surface area contributed by atoms with E-state index in [2.05, 4.69) is 9.98 Å². The summed E-state index contributed by atoms with van der Waals surface area (Å²) in [6.07, 6.45) is 1.62. The normalized spacial score (nSPS) is 11.1. The summed E-state index contributed by atoms with van der Waals surface area (Å²) in [6, 6.07) is 20.5. The van der Waals surface area contributed by atoms with Gasteiger partial charge < -0.3 is 9.84 Å². The van der Waals surface area contributed by atoms with Gasteiger partial charge in [-0.1, -0.05) is 23.7 Å². The summed E-state index contributed by atoms with van der Waals surface area (Å²) in [5.41, 5.74) is 3.02. The number of carbonyl (C=O) groups is 1. The second kappa shape index (κ2) is 8.35. The summed E-state index contributed by atoms with van der Waals surface area (Å²) in [6.45, 7) is 1.83. The van der Waals surface area contributed by atoms with Crippen LogP contribution in [0.25, 0.3) is 10.9 Å². The van der Waals surface area contributed by atoms with E-state index in [9.17, 15) is 9.90 Å². The van der Waals surface area contributed by atoms with Crippen LogP contribution in [0.4, 0.5) is 5.69 Å². The molecular formula is C24H17ClN2O3. The van der Waals surface area contributed by atoms with Gasteiger partial charge in [-0.3, -0.25) is 9.98 Å². The number of aromatic nitrogens is 1. The van der Waals surface area contributed by atoms with Gasteiger partial charge in [-0.25, -0.2) is 4.79 Å². The first-order valence-corrected chi connectivity index (χ1v) is 9.58. The maximum atomic E-state index is 12.9. The molecule has 0 aliphatic carbocycles. The van der Waals surface area contributed by atoms with Gasteiger partial charge in [-0.2, -0.15) is 0 Å². The van der Waals surface area contributed by atoms with Gasteiger partial charge in [0.15, 0.2) is 0 Å². The van der Waals surface area contributed by atoms with Crippen molar-refractivity contribution >= 4 is 40.4 Å².